The summed E-state index contributed by atoms with van der Waals surface area (Å²) in [6.45, 7) is 1.53. The Kier molecular flexibility index (Phi) is 7.88. The molecule has 0 amide bonds. The fourth-order valence-electron chi connectivity index (χ4n) is 0.921. The van der Waals surface area contributed by atoms with Crippen molar-refractivity contribution in [3.05, 3.63) is 0 Å². The second-order valence-corrected chi connectivity index (χ2v) is 7.78. The molecule has 0 aromatic carbocycles. The average molecular weight is 288 g/mol. The lowest BCUT2D eigenvalue weighted by atomic mass is 10.5. The first kappa shape index (κ1) is 16.8. The van der Waals surface area contributed by atoms with E-state index < -0.39 is 25.6 Å². The predicted octanol–water partition coefficient (Wildman–Crippen LogP) is -1.68. The summed E-state index contributed by atoms with van der Waals surface area (Å²) in [7, 11) is -6.77. The van der Waals surface area contributed by atoms with Crippen LogP contribution in [0.4, 0.5) is 0 Å². The van der Waals surface area contributed by atoms with Gasteiger partial charge in [0.25, 0.3) is 0 Å². The van der Waals surface area contributed by atoms with E-state index in [1.54, 1.807) is 0 Å². The molecule has 0 aromatic rings. The fraction of sp³-hybridized carbons (Fsp3) is 1.00. The molecule has 0 atom stereocenters. The summed E-state index contributed by atoms with van der Waals surface area (Å²) < 4.78 is 51.6. The van der Waals surface area contributed by atoms with Gasteiger partial charge in [0.2, 0.25) is 10.0 Å². The minimum absolute atomic E-state index is 0.233. The Labute approximate surface area is 103 Å². The first-order chi connectivity index (χ1) is 7.77. The van der Waals surface area contributed by atoms with E-state index in [1.165, 1.54) is 0 Å². The smallest absolute Gasteiger partial charge is 0.212 e. The number of sulfonamides is 1. The summed E-state index contributed by atoms with van der Waals surface area (Å²) in [6.07, 6.45) is 1.53. The third-order valence-corrected chi connectivity index (χ3v) is 4.36. The number of ether oxygens (including phenoxy) is 1. The normalized spacial score (nSPS) is 12.8. The molecule has 0 aliphatic rings. The Balaban J connectivity index is 3.72. The maximum absolute atomic E-state index is 11.3. The molecule has 0 fully saturated rings. The largest absolute Gasteiger partial charge is 0.380 e. The zero-order valence-corrected chi connectivity index (χ0v) is 11.5. The van der Waals surface area contributed by atoms with E-state index in [0.29, 0.717) is 26.2 Å². The highest BCUT2D eigenvalue weighted by Crippen LogP contribution is 1.90. The van der Waals surface area contributed by atoms with Crippen molar-refractivity contribution in [1.82, 2.24) is 4.72 Å². The standard InChI is InChI=1S/C8H20N2O5S2/c1-16(11,12)7-8-17(13,14)10-4-2-5-15-6-3-9/h10H,2-9H2,1H3. The van der Waals surface area contributed by atoms with Crippen LogP contribution in [-0.2, 0) is 24.6 Å². The third kappa shape index (κ3) is 12.0. The van der Waals surface area contributed by atoms with E-state index >= 15 is 0 Å². The van der Waals surface area contributed by atoms with Gasteiger partial charge in [0.15, 0.2) is 0 Å². The molecular weight excluding hydrogens is 268 g/mol. The third-order valence-electron chi connectivity index (χ3n) is 1.77. The molecule has 104 valence electrons. The van der Waals surface area contributed by atoms with Crippen molar-refractivity contribution in [2.24, 2.45) is 5.73 Å². The summed E-state index contributed by atoms with van der Waals surface area (Å²) in [6, 6.07) is 0. The monoisotopic (exact) mass is 288 g/mol. The molecule has 17 heavy (non-hydrogen) atoms. The highest BCUT2D eigenvalue weighted by molar-refractivity contribution is 7.93. The van der Waals surface area contributed by atoms with Crippen molar-refractivity contribution in [3.8, 4) is 0 Å². The number of sulfone groups is 1. The maximum atomic E-state index is 11.3. The van der Waals surface area contributed by atoms with Crippen LogP contribution in [0.25, 0.3) is 0 Å². The minimum atomic E-state index is -3.52. The Morgan fingerprint density at radius 2 is 1.76 bits per heavy atom. The van der Waals surface area contributed by atoms with Crippen LogP contribution >= 0.6 is 0 Å². The molecule has 0 saturated carbocycles. The summed E-state index contributed by atoms with van der Waals surface area (Å²) in [5.41, 5.74) is 5.20. The molecule has 3 N–H and O–H groups in total. The molecule has 0 aliphatic heterocycles. The first-order valence-corrected chi connectivity index (χ1v) is 8.91. The van der Waals surface area contributed by atoms with E-state index in [2.05, 4.69) is 4.72 Å². The minimum Gasteiger partial charge on any atom is -0.380 e. The maximum Gasteiger partial charge on any atom is 0.212 e. The van der Waals surface area contributed by atoms with Crippen molar-refractivity contribution < 1.29 is 21.6 Å². The van der Waals surface area contributed by atoms with Crippen LogP contribution in [0.5, 0.6) is 0 Å². The molecule has 0 radical (unpaired) electrons. The second-order valence-electron chi connectivity index (χ2n) is 3.60. The van der Waals surface area contributed by atoms with Crippen molar-refractivity contribution >= 4 is 19.9 Å². The molecule has 0 aromatic heterocycles. The van der Waals surface area contributed by atoms with E-state index in [0.717, 1.165) is 6.26 Å². The second kappa shape index (κ2) is 7.98. The van der Waals surface area contributed by atoms with Crippen molar-refractivity contribution in [2.75, 3.05) is 44.1 Å². The van der Waals surface area contributed by atoms with Crippen molar-refractivity contribution in [2.45, 2.75) is 6.42 Å². The Hall–Kier alpha value is -0.220. The van der Waals surface area contributed by atoms with Gasteiger partial charge in [-0.15, -0.1) is 0 Å². The number of nitrogens with one attached hydrogen (secondary N) is 1. The lowest BCUT2D eigenvalue weighted by Gasteiger charge is -2.06. The molecule has 0 saturated heterocycles. The summed E-state index contributed by atoms with van der Waals surface area (Å²) in [4.78, 5) is 0. The number of hydrogen-bond donors (Lipinski definition) is 2. The lowest BCUT2D eigenvalue weighted by Crippen LogP contribution is -2.30. The van der Waals surface area contributed by atoms with Crippen LogP contribution in [0.2, 0.25) is 0 Å². The average Bonchev–Trinajstić information content (AvgIpc) is 2.20. The lowest BCUT2D eigenvalue weighted by molar-refractivity contribution is 0.140. The molecule has 0 unspecified atom stereocenters. The highest BCUT2D eigenvalue weighted by atomic mass is 32.2. The quantitative estimate of drug-likeness (QED) is 0.464. The summed E-state index contributed by atoms with van der Waals surface area (Å²) in [5, 5.41) is 0. The molecule has 0 bridgehead atoms. The van der Waals surface area contributed by atoms with Crippen molar-refractivity contribution in [1.29, 1.82) is 0 Å². The fourth-order valence-corrected chi connectivity index (χ4v) is 3.61. The summed E-state index contributed by atoms with van der Waals surface area (Å²) in [5.74, 6) is -0.776. The van der Waals surface area contributed by atoms with Gasteiger partial charge in [0.1, 0.15) is 9.84 Å². The van der Waals surface area contributed by atoms with E-state index in [9.17, 15) is 16.8 Å². The zero-order valence-electron chi connectivity index (χ0n) is 9.88. The van der Waals surface area contributed by atoms with Gasteiger partial charge >= 0.3 is 0 Å². The van der Waals surface area contributed by atoms with Gasteiger partial charge in [-0.05, 0) is 6.42 Å². The van der Waals surface area contributed by atoms with Gasteiger partial charge in [0, 0.05) is 26.0 Å². The van der Waals surface area contributed by atoms with Crippen LogP contribution in [0.3, 0.4) is 0 Å². The zero-order chi connectivity index (χ0) is 13.4. The summed E-state index contributed by atoms with van der Waals surface area (Å²) >= 11 is 0. The molecule has 0 spiro atoms. The topological polar surface area (TPSA) is 116 Å². The number of nitrogens with two attached hydrogens (primary N) is 1. The van der Waals surface area contributed by atoms with Gasteiger partial charge in [0.05, 0.1) is 18.1 Å². The Morgan fingerprint density at radius 1 is 1.12 bits per heavy atom. The van der Waals surface area contributed by atoms with Gasteiger partial charge < -0.3 is 10.5 Å². The Morgan fingerprint density at radius 3 is 2.29 bits per heavy atom. The first-order valence-electron chi connectivity index (χ1n) is 5.20. The van der Waals surface area contributed by atoms with Crippen LogP contribution in [0.1, 0.15) is 6.42 Å². The van der Waals surface area contributed by atoms with Gasteiger partial charge in [-0.3, -0.25) is 0 Å². The number of hydrogen-bond acceptors (Lipinski definition) is 6. The molecular formula is C8H20N2O5S2. The molecule has 0 heterocycles. The van der Waals surface area contributed by atoms with Gasteiger partial charge in [-0.25, -0.2) is 21.6 Å². The van der Waals surface area contributed by atoms with E-state index in [4.69, 9.17) is 10.5 Å². The molecule has 0 rings (SSSR count). The van der Waals surface area contributed by atoms with Crippen LogP contribution in [0.15, 0.2) is 0 Å². The molecule has 7 nitrogen and oxygen atoms in total. The predicted molar refractivity (Wildman–Crippen MR) is 66.0 cm³/mol. The Bertz CT molecular complexity index is 390. The van der Waals surface area contributed by atoms with Crippen LogP contribution in [-0.4, -0.2) is 60.9 Å². The van der Waals surface area contributed by atoms with Crippen LogP contribution < -0.4 is 10.5 Å². The SMILES string of the molecule is CS(=O)(=O)CCS(=O)(=O)NCCCOCCN. The molecule has 0 aliphatic carbocycles. The van der Waals surface area contributed by atoms with Gasteiger partial charge in [-0.2, -0.15) is 0 Å². The highest BCUT2D eigenvalue weighted by Gasteiger charge is 2.13. The molecule has 9 heteroatoms. The van der Waals surface area contributed by atoms with E-state index in [1.807, 2.05) is 0 Å². The van der Waals surface area contributed by atoms with Crippen LogP contribution in [0, 0.1) is 0 Å². The number of rotatable bonds is 10. The van der Waals surface area contributed by atoms with Crippen molar-refractivity contribution in [3.63, 3.8) is 0 Å². The van der Waals surface area contributed by atoms with Gasteiger partial charge in [-0.1, -0.05) is 0 Å². The van der Waals surface area contributed by atoms with E-state index in [-0.39, 0.29) is 12.3 Å².